The Hall–Kier alpha value is -1.49. The van der Waals surface area contributed by atoms with E-state index in [-0.39, 0.29) is 30.4 Å². The number of aromatic amines is 1. The second-order valence-corrected chi connectivity index (χ2v) is 9.32. The molecule has 1 saturated heterocycles. The van der Waals surface area contributed by atoms with Gasteiger partial charge in [0, 0.05) is 30.5 Å². The summed E-state index contributed by atoms with van der Waals surface area (Å²) in [6, 6.07) is 12.8. The molecule has 0 amide bonds. The number of pyridine rings is 1. The van der Waals surface area contributed by atoms with Crippen molar-refractivity contribution in [3.05, 3.63) is 64.1 Å². The van der Waals surface area contributed by atoms with Crippen LogP contribution in [0, 0.1) is 11.8 Å². The van der Waals surface area contributed by atoms with E-state index in [4.69, 9.17) is 0 Å². The first-order valence-electron chi connectivity index (χ1n) is 12.0. The van der Waals surface area contributed by atoms with Gasteiger partial charge in [-0.15, -0.1) is 24.8 Å². The quantitative estimate of drug-likeness (QED) is 0.483. The van der Waals surface area contributed by atoms with Crippen molar-refractivity contribution in [2.24, 2.45) is 11.8 Å². The maximum Gasteiger partial charge on any atom is 0.252 e. The van der Waals surface area contributed by atoms with Crippen LogP contribution in [0.1, 0.15) is 62.5 Å². The number of aromatic nitrogens is 1. The lowest BCUT2D eigenvalue weighted by atomic mass is 9.88. The molecule has 6 heteroatoms. The molecule has 4 nitrogen and oxygen atoms in total. The normalized spacial score (nSPS) is 17.9. The fourth-order valence-corrected chi connectivity index (χ4v) is 5.17. The van der Waals surface area contributed by atoms with Gasteiger partial charge in [0.2, 0.25) is 0 Å². The Labute approximate surface area is 205 Å². The number of anilines is 1. The predicted octanol–water partition coefficient (Wildman–Crippen LogP) is 6.06. The van der Waals surface area contributed by atoms with E-state index in [1.807, 2.05) is 12.1 Å². The van der Waals surface area contributed by atoms with Crippen LogP contribution in [0.25, 0.3) is 0 Å². The van der Waals surface area contributed by atoms with E-state index in [0.717, 1.165) is 50.0 Å². The summed E-state index contributed by atoms with van der Waals surface area (Å²) in [5.74, 6) is 1.65. The SMILES string of the molecule is Cl.Cl.O=c1[nH]cccc1CN1CCC(CCc2ccccc2NCC2CCCCC2)CC1. The largest absolute Gasteiger partial charge is 0.385 e. The second-order valence-electron chi connectivity index (χ2n) is 9.32. The molecule has 2 aromatic rings. The lowest BCUT2D eigenvalue weighted by Gasteiger charge is -2.32. The number of aryl methyl sites for hydroxylation is 1. The molecule has 0 unspecified atom stereocenters. The molecule has 2 heterocycles. The molecular formula is C26H39Cl2N3O. The molecule has 1 saturated carbocycles. The first-order chi connectivity index (χ1) is 14.8. The maximum atomic E-state index is 11.9. The molecule has 2 N–H and O–H groups in total. The highest BCUT2D eigenvalue weighted by atomic mass is 35.5. The minimum Gasteiger partial charge on any atom is -0.385 e. The monoisotopic (exact) mass is 479 g/mol. The van der Waals surface area contributed by atoms with E-state index in [9.17, 15) is 4.79 Å². The first-order valence-corrected chi connectivity index (χ1v) is 12.0. The Kier molecular flexibility index (Phi) is 11.6. The Morgan fingerprint density at radius 1 is 0.875 bits per heavy atom. The molecule has 1 aliphatic carbocycles. The molecule has 0 bridgehead atoms. The lowest BCUT2D eigenvalue weighted by Crippen LogP contribution is -2.35. The molecule has 1 aliphatic heterocycles. The third-order valence-corrected chi connectivity index (χ3v) is 7.15. The zero-order valence-corrected chi connectivity index (χ0v) is 20.7. The van der Waals surface area contributed by atoms with Crippen molar-refractivity contribution >= 4 is 30.5 Å². The van der Waals surface area contributed by atoms with Gasteiger partial charge in [0.15, 0.2) is 0 Å². The second kappa shape index (κ2) is 13.9. The number of rotatable bonds is 8. The highest BCUT2D eigenvalue weighted by Crippen LogP contribution is 2.27. The smallest absolute Gasteiger partial charge is 0.252 e. The number of halogens is 2. The lowest BCUT2D eigenvalue weighted by molar-refractivity contribution is 0.172. The molecule has 2 fully saturated rings. The Morgan fingerprint density at radius 2 is 1.59 bits per heavy atom. The van der Waals surface area contributed by atoms with E-state index >= 15 is 0 Å². The van der Waals surface area contributed by atoms with Gasteiger partial charge >= 0.3 is 0 Å². The Morgan fingerprint density at radius 3 is 2.34 bits per heavy atom. The van der Waals surface area contributed by atoms with Crippen LogP contribution in [0.2, 0.25) is 0 Å². The zero-order chi connectivity index (χ0) is 20.6. The zero-order valence-electron chi connectivity index (χ0n) is 19.1. The van der Waals surface area contributed by atoms with Gasteiger partial charge in [-0.2, -0.15) is 0 Å². The molecule has 2 aliphatic rings. The summed E-state index contributed by atoms with van der Waals surface area (Å²) in [5.41, 5.74) is 3.77. The topological polar surface area (TPSA) is 48.1 Å². The van der Waals surface area contributed by atoms with Crippen LogP contribution < -0.4 is 10.9 Å². The van der Waals surface area contributed by atoms with Gasteiger partial charge in [0.1, 0.15) is 0 Å². The summed E-state index contributed by atoms with van der Waals surface area (Å²) >= 11 is 0. The van der Waals surface area contributed by atoms with Gasteiger partial charge in [-0.25, -0.2) is 0 Å². The molecule has 4 rings (SSSR count). The number of piperidine rings is 1. The first kappa shape index (κ1) is 26.8. The number of para-hydroxylation sites is 1. The molecule has 178 valence electrons. The molecule has 0 atom stereocenters. The van der Waals surface area contributed by atoms with E-state index < -0.39 is 0 Å². The molecule has 0 spiro atoms. The summed E-state index contributed by atoms with van der Waals surface area (Å²) in [5, 5.41) is 3.77. The van der Waals surface area contributed by atoms with Crippen LogP contribution in [0.15, 0.2) is 47.4 Å². The van der Waals surface area contributed by atoms with Gasteiger partial charge in [-0.3, -0.25) is 9.69 Å². The van der Waals surface area contributed by atoms with Crippen molar-refractivity contribution in [1.82, 2.24) is 9.88 Å². The average molecular weight is 481 g/mol. The van der Waals surface area contributed by atoms with Crippen LogP contribution in [-0.4, -0.2) is 29.5 Å². The van der Waals surface area contributed by atoms with E-state index in [2.05, 4.69) is 39.5 Å². The summed E-state index contributed by atoms with van der Waals surface area (Å²) in [7, 11) is 0. The minimum atomic E-state index is 0. The number of hydrogen-bond acceptors (Lipinski definition) is 3. The number of hydrogen-bond donors (Lipinski definition) is 2. The van der Waals surface area contributed by atoms with Crippen molar-refractivity contribution < 1.29 is 0 Å². The van der Waals surface area contributed by atoms with Crippen LogP contribution in [0.3, 0.4) is 0 Å². The minimum absolute atomic E-state index is 0. The van der Waals surface area contributed by atoms with Crippen molar-refractivity contribution in [2.45, 2.75) is 64.3 Å². The van der Waals surface area contributed by atoms with Gasteiger partial charge in [-0.05, 0) is 81.1 Å². The number of benzene rings is 1. The number of H-pyrrole nitrogens is 1. The van der Waals surface area contributed by atoms with Gasteiger partial charge in [0.05, 0.1) is 0 Å². The predicted molar refractivity (Wildman–Crippen MR) is 139 cm³/mol. The number of nitrogens with zero attached hydrogens (tertiary/aromatic N) is 1. The van der Waals surface area contributed by atoms with Crippen molar-refractivity contribution in [3.8, 4) is 0 Å². The van der Waals surface area contributed by atoms with Crippen LogP contribution in [0.5, 0.6) is 0 Å². The Bertz CT molecular complexity index is 843. The maximum absolute atomic E-state index is 11.9. The van der Waals surface area contributed by atoms with Crippen LogP contribution >= 0.6 is 24.8 Å². The van der Waals surface area contributed by atoms with Crippen molar-refractivity contribution in [3.63, 3.8) is 0 Å². The van der Waals surface area contributed by atoms with Crippen molar-refractivity contribution in [2.75, 3.05) is 25.0 Å². The fraction of sp³-hybridized carbons (Fsp3) is 0.577. The fourth-order valence-electron chi connectivity index (χ4n) is 5.17. The Balaban J connectivity index is 0.00000181. The van der Waals surface area contributed by atoms with Crippen LogP contribution in [-0.2, 0) is 13.0 Å². The van der Waals surface area contributed by atoms with Crippen LogP contribution in [0.4, 0.5) is 5.69 Å². The number of nitrogens with one attached hydrogen (secondary N) is 2. The third-order valence-electron chi connectivity index (χ3n) is 7.15. The number of likely N-dealkylation sites (tertiary alicyclic amines) is 1. The van der Waals surface area contributed by atoms with E-state index in [1.165, 1.54) is 62.6 Å². The highest BCUT2D eigenvalue weighted by molar-refractivity contribution is 5.85. The van der Waals surface area contributed by atoms with E-state index in [0.29, 0.717) is 0 Å². The van der Waals surface area contributed by atoms with Gasteiger partial charge < -0.3 is 10.3 Å². The molecule has 1 aromatic carbocycles. The van der Waals surface area contributed by atoms with E-state index in [1.54, 1.807) is 6.20 Å². The van der Waals surface area contributed by atoms with Gasteiger partial charge in [0.25, 0.3) is 5.56 Å². The third kappa shape index (κ3) is 7.83. The highest BCUT2D eigenvalue weighted by Gasteiger charge is 2.20. The van der Waals surface area contributed by atoms with Crippen molar-refractivity contribution in [1.29, 1.82) is 0 Å². The average Bonchev–Trinajstić information content (AvgIpc) is 2.80. The molecule has 0 radical (unpaired) electrons. The summed E-state index contributed by atoms with van der Waals surface area (Å²) in [6.07, 6.45) is 13.6. The standard InChI is InChI=1S/C26H37N3O.2ClH/c30-26-24(10-6-16-27-26)20-29-17-14-21(15-18-29)12-13-23-9-4-5-11-25(23)28-19-22-7-2-1-3-8-22;;/h4-6,9-11,16,21-22,28H,1-3,7-8,12-15,17-20H2,(H,27,30);2*1H. The van der Waals surface area contributed by atoms with Gasteiger partial charge in [-0.1, -0.05) is 43.5 Å². The molecule has 1 aromatic heterocycles. The molecular weight excluding hydrogens is 441 g/mol. The summed E-state index contributed by atoms with van der Waals surface area (Å²) in [4.78, 5) is 17.1. The molecule has 32 heavy (non-hydrogen) atoms. The summed E-state index contributed by atoms with van der Waals surface area (Å²) in [6.45, 7) is 4.10. The summed E-state index contributed by atoms with van der Waals surface area (Å²) < 4.78 is 0.